The van der Waals surface area contributed by atoms with E-state index in [0.717, 1.165) is 18.5 Å². The number of benzene rings is 2. The summed E-state index contributed by atoms with van der Waals surface area (Å²) in [6.45, 7) is 5.46. The van der Waals surface area contributed by atoms with Crippen LogP contribution in [0, 0.1) is 0 Å². The van der Waals surface area contributed by atoms with Crippen molar-refractivity contribution in [2.24, 2.45) is 0 Å². The van der Waals surface area contributed by atoms with E-state index in [-0.39, 0.29) is 6.04 Å². The number of hydrogen-bond acceptors (Lipinski definition) is 5. The van der Waals surface area contributed by atoms with Crippen LogP contribution < -0.4 is 4.74 Å². The largest absolute Gasteiger partial charge is 0.454 e. The molecular formula is C23H25NO4. The van der Waals surface area contributed by atoms with E-state index in [1.54, 1.807) is 30.3 Å². The Morgan fingerprint density at radius 2 is 1.89 bits per heavy atom. The standard InChI is InChI=1S/C23H25NO4/c1-14(2)24-12-6-5-9-19(24)15-10-11-18-20(13-15)28-23(27)17-8-4-3-7-16(17)21(25)22(18,23)26/h3-4,7-8,10-11,13-14,19,26-27H,5-6,9,12H2,1-2H3. The molecule has 0 bridgehead atoms. The summed E-state index contributed by atoms with van der Waals surface area (Å²) in [6, 6.07) is 13.0. The van der Waals surface area contributed by atoms with Gasteiger partial charge in [0.25, 0.3) is 5.79 Å². The van der Waals surface area contributed by atoms with Crippen LogP contribution in [0.4, 0.5) is 0 Å². The maximum Gasteiger partial charge on any atom is 0.276 e. The monoisotopic (exact) mass is 379 g/mol. The molecule has 1 saturated heterocycles. The molecule has 3 unspecified atom stereocenters. The van der Waals surface area contributed by atoms with Gasteiger partial charge in [0.2, 0.25) is 11.4 Å². The minimum Gasteiger partial charge on any atom is -0.454 e. The van der Waals surface area contributed by atoms with Crippen LogP contribution in [0.15, 0.2) is 42.5 Å². The highest BCUT2D eigenvalue weighted by Crippen LogP contribution is 2.58. The van der Waals surface area contributed by atoms with Crippen LogP contribution in [0.5, 0.6) is 5.75 Å². The normalized spacial score (nSPS) is 31.5. The van der Waals surface area contributed by atoms with Crippen LogP contribution in [-0.4, -0.2) is 33.5 Å². The fourth-order valence-corrected chi connectivity index (χ4v) is 5.17. The first-order valence-corrected chi connectivity index (χ1v) is 10.1. The number of hydrogen-bond donors (Lipinski definition) is 2. The van der Waals surface area contributed by atoms with Gasteiger partial charge in [0.05, 0.1) is 0 Å². The molecule has 146 valence electrons. The molecule has 0 saturated carbocycles. The molecule has 28 heavy (non-hydrogen) atoms. The van der Waals surface area contributed by atoms with Gasteiger partial charge in [0.1, 0.15) is 5.75 Å². The molecule has 2 aliphatic heterocycles. The lowest BCUT2D eigenvalue weighted by Crippen LogP contribution is -2.48. The highest BCUT2D eigenvalue weighted by molar-refractivity contribution is 6.09. The Kier molecular flexibility index (Phi) is 3.76. The molecule has 0 amide bonds. The number of ether oxygens (including phenoxy) is 1. The second-order valence-corrected chi connectivity index (χ2v) is 8.43. The molecule has 5 heteroatoms. The molecule has 5 nitrogen and oxygen atoms in total. The maximum absolute atomic E-state index is 13.0. The van der Waals surface area contributed by atoms with Crippen LogP contribution in [0.1, 0.15) is 66.2 Å². The van der Waals surface area contributed by atoms with Crippen molar-refractivity contribution in [2.75, 3.05) is 6.54 Å². The second-order valence-electron chi connectivity index (χ2n) is 8.43. The number of rotatable bonds is 2. The first kappa shape index (κ1) is 17.9. The molecule has 2 N–H and O–H groups in total. The summed E-state index contributed by atoms with van der Waals surface area (Å²) in [5.41, 5.74) is -0.0383. The molecular weight excluding hydrogens is 354 g/mol. The molecule has 2 aromatic carbocycles. The SMILES string of the molecule is CC(C)N1CCCCC1c1ccc2c(c1)OC1(O)c3ccccc3C(=O)C21O. The Bertz CT molecular complexity index is 971. The van der Waals surface area contributed by atoms with Gasteiger partial charge in [-0.1, -0.05) is 42.8 Å². The van der Waals surface area contributed by atoms with Gasteiger partial charge in [-0.05, 0) is 44.9 Å². The first-order valence-electron chi connectivity index (χ1n) is 10.1. The van der Waals surface area contributed by atoms with E-state index in [2.05, 4.69) is 18.7 Å². The molecule has 1 aliphatic carbocycles. The third-order valence-electron chi connectivity index (χ3n) is 6.60. The summed E-state index contributed by atoms with van der Waals surface area (Å²) in [5, 5.41) is 22.6. The maximum atomic E-state index is 13.0. The quantitative estimate of drug-likeness (QED) is 0.838. The number of piperidine rings is 1. The second kappa shape index (κ2) is 5.89. The third-order valence-corrected chi connectivity index (χ3v) is 6.60. The summed E-state index contributed by atoms with van der Waals surface area (Å²) < 4.78 is 5.91. The van der Waals surface area contributed by atoms with E-state index in [1.165, 1.54) is 12.8 Å². The predicted octanol–water partition coefficient (Wildman–Crippen LogP) is 3.24. The fraction of sp³-hybridized carbons (Fsp3) is 0.435. The Labute approximate surface area is 164 Å². The van der Waals surface area contributed by atoms with Crippen molar-refractivity contribution < 1.29 is 19.7 Å². The summed E-state index contributed by atoms with van der Waals surface area (Å²) >= 11 is 0. The highest BCUT2D eigenvalue weighted by Gasteiger charge is 2.70. The number of aliphatic hydroxyl groups is 2. The Morgan fingerprint density at radius 1 is 1.11 bits per heavy atom. The molecule has 3 aliphatic rings. The fourth-order valence-electron chi connectivity index (χ4n) is 5.17. The van der Waals surface area contributed by atoms with Crippen molar-refractivity contribution in [3.63, 3.8) is 0 Å². The van der Waals surface area contributed by atoms with Gasteiger partial charge in [0.15, 0.2) is 0 Å². The number of likely N-dealkylation sites (tertiary alicyclic amines) is 1. The van der Waals surface area contributed by atoms with Crippen LogP contribution in [-0.2, 0) is 11.4 Å². The number of fused-ring (bicyclic) bond motifs is 5. The number of Topliss-reactive ketones (excluding diaryl/α,β-unsaturated/α-hetero) is 1. The smallest absolute Gasteiger partial charge is 0.276 e. The molecule has 2 heterocycles. The Balaban J connectivity index is 1.59. The highest BCUT2D eigenvalue weighted by atomic mass is 16.7. The van der Waals surface area contributed by atoms with Crippen molar-refractivity contribution in [1.29, 1.82) is 0 Å². The Morgan fingerprint density at radius 3 is 2.68 bits per heavy atom. The van der Waals surface area contributed by atoms with Crippen molar-refractivity contribution in [2.45, 2.75) is 56.6 Å². The summed E-state index contributed by atoms with van der Waals surface area (Å²) in [4.78, 5) is 15.5. The summed E-state index contributed by atoms with van der Waals surface area (Å²) in [5.74, 6) is -2.20. The van der Waals surface area contributed by atoms with Gasteiger partial charge in [-0.2, -0.15) is 0 Å². The summed E-state index contributed by atoms with van der Waals surface area (Å²) in [6.07, 6.45) is 3.43. The zero-order valence-electron chi connectivity index (χ0n) is 16.2. The van der Waals surface area contributed by atoms with Gasteiger partial charge < -0.3 is 14.9 Å². The molecule has 0 aromatic heterocycles. The lowest BCUT2D eigenvalue weighted by atomic mass is 9.85. The minimum absolute atomic E-state index is 0.273. The number of nitrogens with zero attached hydrogens (tertiary/aromatic N) is 1. The minimum atomic E-state index is -2.10. The predicted molar refractivity (Wildman–Crippen MR) is 104 cm³/mol. The summed E-state index contributed by atoms with van der Waals surface area (Å²) in [7, 11) is 0. The number of carbonyl (C=O) groups is 1. The van der Waals surface area contributed by atoms with Crippen molar-refractivity contribution in [3.05, 3.63) is 64.7 Å². The van der Waals surface area contributed by atoms with E-state index in [1.807, 2.05) is 12.1 Å². The van der Waals surface area contributed by atoms with Crippen LogP contribution in [0.2, 0.25) is 0 Å². The van der Waals surface area contributed by atoms with Gasteiger partial charge in [-0.25, -0.2) is 0 Å². The molecule has 3 atom stereocenters. The topological polar surface area (TPSA) is 70.0 Å². The van der Waals surface area contributed by atoms with Gasteiger partial charge in [-0.15, -0.1) is 0 Å². The number of ketones is 1. The molecule has 0 radical (unpaired) electrons. The van der Waals surface area contributed by atoms with E-state index >= 15 is 0 Å². The van der Waals surface area contributed by atoms with Gasteiger partial charge in [-0.3, -0.25) is 9.69 Å². The van der Waals surface area contributed by atoms with Gasteiger partial charge >= 0.3 is 0 Å². The van der Waals surface area contributed by atoms with Gasteiger partial charge in [0, 0.05) is 28.8 Å². The lowest BCUT2D eigenvalue weighted by Gasteiger charge is -2.39. The molecule has 1 fully saturated rings. The van der Waals surface area contributed by atoms with E-state index < -0.39 is 17.2 Å². The van der Waals surface area contributed by atoms with Crippen molar-refractivity contribution in [1.82, 2.24) is 4.90 Å². The molecule has 5 rings (SSSR count). The van der Waals surface area contributed by atoms with E-state index in [0.29, 0.717) is 28.5 Å². The van der Waals surface area contributed by atoms with Crippen LogP contribution in [0.25, 0.3) is 0 Å². The third kappa shape index (κ3) is 2.10. The zero-order chi connectivity index (χ0) is 19.7. The molecule has 0 spiro atoms. The number of carbonyl (C=O) groups excluding carboxylic acids is 1. The average molecular weight is 379 g/mol. The van der Waals surface area contributed by atoms with Crippen LogP contribution >= 0.6 is 0 Å². The average Bonchev–Trinajstić information content (AvgIpc) is 3.04. The lowest BCUT2D eigenvalue weighted by molar-refractivity contribution is -0.224. The zero-order valence-corrected chi connectivity index (χ0v) is 16.2. The van der Waals surface area contributed by atoms with Crippen molar-refractivity contribution in [3.8, 4) is 5.75 Å². The van der Waals surface area contributed by atoms with E-state index in [4.69, 9.17) is 4.74 Å². The van der Waals surface area contributed by atoms with Crippen LogP contribution in [0.3, 0.4) is 0 Å². The molecule has 2 aromatic rings. The Hall–Kier alpha value is -2.21. The van der Waals surface area contributed by atoms with Crippen molar-refractivity contribution >= 4 is 5.78 Å². The van der Waals surface area contributed by atoms with E-state index in [9.17, 15) is 15.0 Å². The first-order chi connectivity index (χ1) is 13.4.